The number of carbonyl (C=O) groups excluding carboxylic acids is 1. The topological polar surface area (TPSA) is 58.6 Å². The Hall–Kier alpha value is -3.25. The fourth-order valence-corrected chi connectivity index (χ4v) is 6.09. The summed E-state index contributed by atoms with van der Waals surface area (Å²) < 4.78 is 4.96. The van der Waals surface area contributed by atoms with Crippen molar-refractivity contribution in [1.29, 1.82) is 0 Å². The number of ether oxygens (including phenoxy) is 1. The first-order valence-corrected chi connectivity index (χ1v) is 12.8. The molecule has 0 unspecified atom stereocenters. The van der Waals surface area contributed by atoms with E-state index in [0.29, 0.717) is 11.6 Å². The molecule has 6 heteroatoms. The van der Waals surface area contributed by atoms with Crippen molar-refractivity contribution in [2.24, 2.45) is 0 Å². The van der Waals surface area contributed by atoms with E-state index in [1.165, 1.54) is 73.7 Å². The lowest BCUT2D eigenvalue weighted by Gasteiger charge is -2.38. The van der Waals surface area contributed by atoms with E-state index < -0.39 is 0 Å². The van der Waals surface area contributed by atoms with Gasteiger partial charge < -0.3 is 14.5 Å². The van der Waals surface area contributed by atoms with Crippen LogP contribution in [0.2, 0.25) is 0 Å². The van der Waals surface area contributed by atoms with Crippen LogP contribution in [0.15, 0.2) is 48.8 Å². The van der Waals surface area contributed by atoms with Crippen molar-refractivity contribution in [3.8, 4) is 11.1 Å². The molecule has 35 heavy (non-hydrogen) atoms. The summed E-state index contributed by atoms with van der Waals surface area (Å²) in [4.78, 5) is 26.9. The number of hydrogen-bond acceptors (Lipinski definition) is 6. The number of likely N-dealkylation sites (tertiary alicyclic amines) is 1. The van der Waals surface area contributed by atoms with Gasteiger partial charge in [0.05, 0.1) is 12.7 Å². The number of nitrogens with zero attached hydrogens (tertiary/aromatic N) is 4. The highest BCUT2D eigenvalue weighted by Crippen LogP contribution is 2.43. The molecule has 3 aliphatic rings. The molecule has 0 saturated carbocycles. The standard InChI is InChI=1S/C29H32N4O2/c1-35-29(34)21-6-7-26-22(16-21)17-23-18-24(15-20-5-4-10-30-19-20)31-28(27(23)26)33-13-8-25(9-14-33)32-11-2-3-12-32/h4-7,10,16,18-19,25H,2-3,8-9,11-15,17H2,1H3. The Morgan fingerprint density at radius 2 is 1.89 bits per heavy atom. The van der Waals surface area contributed by atoms with Gasteiger partial charge in [0, 0.05) is 49.2 Å². The number of esters is 1. The summed E-state index contributed by atoms with van der Waals surface area (Å²) in [6.45, 7) is 4.59. The van der Waals surface area contributed by atoms with Crippen LogP contribution in [-0.4, -0.2) is 60.2 Å². The molecule has 0 atom stereocenters. The second kappa shape index (κ2) is 9.42. The zero-order valence-corrected chi connectivity index (χ0v) is 20.4. The lowest BCUT2D eigenvalue weighted by Crippen LogP contribution is -2.44. The molecule has 1 aromatic carbocycles. The summed E-state index contributed by atoms with van der Waals surface area (Å²) in [6, 6.07) is 13.0. The van der Waals surface area contributed by atoms with Gasteiger partial charge in [-0.1, -0.05) is 12.1 Å². The molecule has 0 radical (unpaired) electrons. The molecule has 0 N–H and O–H groups in total. The minimum absolute atomic E-state index is 0.289. The van der Waals surface area contributed by atoms with Gasteiger partial charge in [0.25, 0.3) is 0 Å². The average molecular weight is 469 g/mol. The van der Waals surface area contributed by atoms with Crippen LogP contribution in [0.4, 0.5) is 5.82 Å². The third-order valence-corrected chi connectivity index (χ3v) is 7.84. The molecule has 0 spiro atoms. The second-order valence-electron chi connectivity index (χ2n) is 10.0. The molecule has 0 amide bonds. The third-order valence-electron chi connectivity index (χ3n) is 7.84. The molecule has 1 aliphatic carbocycles. The summed E-state index contributed by atoms with van der Waals surface area (Å²) >= 11 is 0. The van der Waals surface area contributed by atoms with Crippen LogP contribution < -0.4 is 4.90 Å². The Labute approximate surface area is 207 Å². The molecule has 3 aromatic rings. The van der Waals surface area contributed by atoms with Crippen LogP contribution in [0, 0.1) is 0 Å². The average Bonchev–Trinajstić information content (AvgIpc) is 3.56. The predicted octanol–water partition coefficient (Wildman–Crippen LogP) is 4.49. The van der Waals surface area contributed by atoms with Crippen molar-refractivity contribution in [2.75, 3.05) is 38.2 Å². The van der Waals surface area contributed by atoms with E-state index in [2.05, 4.69) is 33.0 Å². The maximum atomic E-state index is 12.1. The lowest BCUT2D eigenvalue weighted by molar-refractivity contribution is 0.0600. The molecule has 6 rings (SSSR count). The lowest BCUT2D eigenvalue weighted by atomic mass is 9.99. The number of fused-ring (bicyclic) bond motifs is 3. The Morgan fingerprint density at radius 1 is 1.06 bits per heavy atom. The quantitative estimate of drug-likeness (QED) is 0.402. The summed E-state index contributed by atoms with van der Waals surface area (Å²) in [7, 11) is 1.43. The van der Waals surface area contributed by atoms with Crippen molar-refractivity contribution in [3.63, 3.8) is 0 Å². The monoisotopic (exact) mass is 468 g/mol. The van der Waals surface area contributed by atoms with E-state index in [-0.39, 0.29) is 5.97 Å². The summed E-state index contributed by atoms with van der Waals surface area (Å²) in [6.07, 6.45) is 10.4. The van der Waals surface area contributed by atoms with Crippen molar-refractivity contribution < 1.29 is 9.53 Å². The number of hydrogen-bond donors (Lipinski definition) is 0. The SMILES string of the molecule is COC(=O)c1ccc2c(c1)Cc1cc(Cc3cccnc3)nc(N3CCC(N4CCCC4)CC3)c1-2. The molecule has 2 aromatic heterocycles. The predicted molar refractivity (Wildman–Crippen MR) is 137 cm³/mol. The highest BCUT2D eigenvalue weighted by atomic mass is 16.5. The molecular weight excluding hydrogens is 436 g/mol. The zero-order valence-electron chi connectivity index (χ0n) is 20.4. The van der Waals surface area contributed by atoms with Gasteiger partial charge in [-0.25, -0.2) is 9.78 Å². The Balaban J connectivity index is 1.35. The van der Waals surface area contributed by atoms with Crippen molar-refractivity contribution in [3.05, 3.63) is 76.7 Å². The highest BCUT2D eigenvalue weighted by molar-refractivity contribution is 5.93. The molecule has 2 saturated heterocycles. The van der Waals surface area contributed by atoms with Crippen molar-refractivity contribution in [1.82, 2.24) is 14.9 Å². The number of rotatable bonds is 5. The molecule has 180 valence electrons. The smallest absolute Gasteiger partial charge is 0.337 e. The third kappa shape index (κ3) is 4.31. The zero-order chi connectivity index (χ0) is 23.8. The Morgan fingerprint density at radius 3 is 2.63 bits per heavy atom. The fraction of sp³-hybridized carbons (Fsp3) is 0.414. The number of methoxy groups -OCH3 is 1. The number of anilines is 1. The van der Waals surface area contributed by atoms with Crippen LogP contribution in [0.25, 0.3) is 11.1 Å². The van der Waals surface area contributed by atoms with E-state index in [1.54, 1.807) is 0 Å². The van der Waals surface area contributed by atoms with Gasteiger partial charge in [0.2, 0.25) is 0 Å². The molecule has 6 nitrogen and oxygen atoms in total. The van der Waals surface area contributed by atoms with Gasteiger partial charge in [-0.3, -0.25) is 4.98 Å². The maximum absolute atomic E-state index is 12.1. The van der Waals surface area contributed by atoms with Gasteiger partial charge in [-0.15, -0.1) is 0 Å². The van der Waals surface area contributed by atoms with Crippen molar-refractivity contribution >= 4 is 11.8 Å². The van der Waals surface area contributed by atoms with Crippen LogP contribution in [-0.2, 0) is 17.6 Å². The molecule has 2 fully saturated rings. The van der Waals surface area contributed by atoms with Crippen LogP contribution in [0.5, 0.6) is 0 Å². The van der Waals surface area contributed by atoms with Gasteiger partial charge >= 0.3 is 5.97 Å². The summed E-state index contributed by atoms with van der Waals surface area (Å²) in [5, 5.41) is 0. The van der Waals surface area contributed by atoms with Gasteiger partial charge in [-0.05, 0) is 91.7 Å². The first kappa shape index (κ1) is 22.2. The van der Waals surface area contributed by atoms with Crippen LogP contribution >= 0.6 is 0 Å². The van der Waals surface area contributed by atoms with Gasteiger partial charge in [-0.2, -0.15) is 0 Å². The van der Waals surface area contributed by atoms with E-state index in [9.17, 15) is 4.79 Å². The normalized spacial score (nSPS) is 17.9. The number of carbonyl (C=O) groups is 1. The summed E-state index contributed by atoms with van der Waals surface area (Å²) in [5.74, 6) is 0.814. The minimum atomic E-state index is -0.289. The largest absolute Gasteiger partial charge is 0.465 e. The first-order chi connectivity index (χ1) is 17.2. The molecular formula is C29H32N4O2. The van der Waals surface area contributed by atoms with Crippen molar-refractivity contribution in [2.45, 2.75) is 44.6 Å². The first-order valence-electron chi connectivity index (χ1n) is 12.8. The van der Waals surface area contributed by atoms with E-state index in [0.717, 1.165) is 37.4 Å². The minimum Gasteiger partial charge on any atom is -0.465 e. The number of benzene rings is 1. The van der Waals surface area contributed by atoms with Gasteiger partial charge in [0.1, 0.15) is 5.82 Å². The van der Waals surface area contributed by atoms with Crippen LogP contribution in [0.1, 0.15) is 58.4 Å². The molecule has 4 heterocycles. The second-order valence-corrected chi connectivity index (χ2v) is 10.0. The molecule has 0 bridgehead atoms. The Kier molecular flexibility index (Phi) is 5.98. The highest BCUT2D eigenvalue weighted by Gasteiger charge is 2.31. The molecule has 2 aliphatic heterocycles. The number of aromatic nitrogens is 2. The van der Waals surface area contributed by atoms with E-state index in [4.69, 9.17) is 9.72 Å². The fourth-order valence-electron chi connectivity index (χ4n) is 6.09. The summed E-state index contributed by atoms with van der Waals surface area (Å²) in [5.41, 5.74) is 7.77. The number of pyridine rings is 2. The van der Waals surface area contributed by atoms with E-state index >= 15 is 0 Å². The Bertz CT molecular complexity index is 1230. The van der Waals surface area contributed by atoms with E-state index in [1.807, 2.05) is 30.6 Å². The number of piperidine rings is 1. The maximum Gasteiger partial charge on any atom is 0.337 e. The van der Waals surface area contributed by atoms with Crippen LogP contribution in [0.3, 0.4) is 0 Å². The van der Waals surface area contributed by atoms with Gasteiger partial charge in [0.15, 0.2) is 0 Å².